The Morgan fingerprint density at radius 2 is 1.74 bits per heavy atom. The Morgan fingerprint density at radius 1 is 1.09 bits per heavy atom. The number of carbonyl (C=O) groups is 4. The molecule has 0 aliphatic carbocycles. The molecule has 194 valence electrons. The number of rotatable bonds is 12. The fourth-order valence-electron chi connectivity index (χ4n) is 4.07. The third-order valence-corrected chi connectivity index (χ3v) is 5.84. The summed E-state index contributed by atoms with van der Waals surface area (Å²) < 4.78 is 13.2. The minimum atomic E-state index is -1.41. The standard InChI is InChI=1S/C24H35FN4O6/c1-14(2)10-19(22(32)27-18(13-30)12-16-4-3-9-26-21(16)31)28-23(33)20(29-24(34)35)11-15-5-7-17(25)8-6-15/h5-8,14,16,18-20,29-30H,3-4,9-13H2,1-2H3,(H,26,31)(H,27,32)(H,28,33)(H,34,35)/t16-,18-,19-,20-/m0/s1. The van der Waals surface area contributed by atoms with Gasteiger partial charge in [0.05, 0.1) is 12.6 Å². The fourth-order valence-corrected chi connectivity index (χ4v) is 4.07. The molecule has 1 aromatic carbocycles. The van der Waals surface area contributed by atoms with Gasteiger partial charge in [0.2, 0.25) is 17.7 Å². The molecule has 1 aliphatic heterocycles. The first-order valence-corrected chi connectivity index (χ1v) is 11.8. The minimum absolute atomic E-state index is 0.0192. The van der Waals surface area contributed by atoms with Crippen molar-refractivity contribution in [3.63, 3.8) is 0 Å². The summed E-state index contributed by atoms with van der Waals surface area (Å²) >= 11 is 0. The molecule has 0 spiro atoms. The largest absolute Gasteiger partial charge is 0.465 e. The maximum absolute atomic E-state index is 13.2. The highest BCUT2D eigenvalue weighted by Gasteiger charge is 2.30. The SMILES string of the molecule is CC(C)C[C@H](NC(=O)[C@H](Cc1ccc(F)cc1)NC(=O)O)C(=O)N[C@H](CO)C[C@@H]1CCCNC1=O. The number of benzene rings is 1. The molecule has 35 heavy (non-hydrogen) atoms. The number of aliphatic hydroxyl groups is 1. The predicted molar refractivity (Wildman–Crippen MR) is 126 cm³/mol. The molecule has 4 amide bonds. The van der Waals surface area contributed by atoms with E-state index in [-0.39, 0.29) is 43.6 Å². The van der Waals surface area contributed by atoms with E-state index in [0.29, 0.717) is 18.5 Å². The Morgan fingerprint density at radius 3 is 2.31 bits per heavy atom. The molecule has 1 heterocycles. The van der Waals surface area contributed by atoms with Gasteiger partial charge < -0.3 is 31.5 Å². The lowest BCUT2D eigenvalue weighted by Gasteiger charge is -2.28. The van der Waals surface area contributed by atoms with Crippen LogP contribution in [0.2, 0.25) is 0 Å². The molecule has 1 aromatic rings. The van der Waals surface area contributed by atoms with Gasteiger partial charge in [-0.05, 0) is 49.3 Å². The lowest BCUT2D eigenvalue weighted by Crippen LogP contribution is -2.56. The van der Waals surface area contributed by atoms with Crippen LogP contribution in [0.1, 0.15) is 45.1 Å². The van der Waals surface area contributed by atoms with Crippen LogP contribution in [0.3, 0.4) is 0 Å². The van der Waals surface area contributed by atoms with Crippen LogP contribution in [-0.2, 0) is 20.8 Å². The third-order valence-electron chi connectivity index (χ3n) is 5.84. The second-order valence-electron chi connectivity index (χ2n) is 9.28. The second kappa shape index (κ2) is 13.6. The summed E-state index contributed by atoms with van der Waals surface area (Å²) in [4.78, 5) is 49.3. The first-order chi connectivity index (χ1) is 16.6. The summed E-state index contributed by atoms with van der Waals surface area (Å²) in [5, 5.41) is 29.2. The Balaban J connectivity index is 2.08. The van der Waals surface area contributed by atoms with Gasteiger partial charge in [0.1, 0.15) is 17.9 Å². The normalized spacial score (nSPS) is 18.2. The first kappa shape index (κ1) is 28.0. The van der Waals surface area contributed by atoms with E-state index in [2.05, 4.69) is 21.3 Å². The molecular weight excluding hydrogens is 459 g/mol. The molecular formula is C24H35FN4O6. The molecule has 2 rings (SSSR count). The van der Waals surface area contributed by atoms with Gasteiger partial charge in [0.15, 0.2) is 0 Å². The summed E-state index contributed by atoms with van der Waals surface area (Å²) in [6.07, 6.45) is 0.574. The van der Waals surface area contributed by atoms with E-state index in [9.17, 15) is 33.8 Å². The van der Waals surface area contributed by atoms with Crippen LogP contribution in [0.15, 0.2) is 24.3 Å². The van der Waals surface area contributed by atoms with Crippen molar-refractivity contribution in [1.82, 2.24) is 21.3 Å². The summed E-state index contributed by atoms with van der Waals surface area (Å²) in [5.74, 6) is -2.11. The smallest absolute Gasteiger partial charge is 0.405 e. The van der Waals surface area contributed by atoms with Crippen LogP contribution in [0.5, 0.6) is 0 Å². The molecule has 0 bridgehead atoms. The van der Waals surface area contributed by atoms with E-state index in [1.807, 2.05) is 13.8 Å². The Hall–Kier alpha value is -3.21. The lowest BCUT2D eigenvalue weighted by atomic mass is 9.91. The van der Waals surface area contributed by atoms with Crippen molar-refractivity contribution in [2.24, 2.45) is 11.8 Å². The first-order valence-electron chi connectivity index (χ1n) is 11.8. The van der Waals surface area contributed by atoms with Gasteiger partial charge in [0, 0.05) is 18.9 Å². The minimum Gasteiger partial charge on any atom is -0.465 e. The van der Waals surface area contributed by atoms with E-state index in [4.69, 9.17) is 0 Å². The lowest BCUT2D eigenvalue weighted by molar-refractivity contribution is -0.131. The highest BCUT2D eigenvalue weighted by molar-refractivity contribution is 5.91. The number of amides is 4. The molecule has 0 saturated carbocycles. The summed E-state index contributed by atoms with van der Waals surface area (Å²) in [7, 11) is 0. The molecule has 0 aromatic heterocycles. The van der Waals surface area contributed by atoms with Gasteiger partial charge in [-0.1, -0.05) is 26.0 Å². The molecule has 10 nitrogen and oxygen atoms in total. The van der Waals surface area contributed by atoms with Gasteiger partial charge in [-0.2, -0.15) is 0 Å². The monoisotopic (exact) mass is 494 g/mol. The number of carboxylic acid groups (broad SMARTS) is 1. The van der Waals surface area contributed by atoms with Crippen LogP contribution >= 0.6 is 0 Å². The van der Waals surface area contributed by atoms with Crippen molar-refractivity contribution in [2.75, 3.05) is 13.2 Å². The highest BCUT2D eigenvalue weighted by atomic mass is 19.1. The van der Waals surface area contributed by atoms with E-state index in [1.54, 1.807) is 0 Å². The van der Waals surface area contributed by atoms with Gasteiger partial charge in [0.25, 0.3) is 0 Å². The molecule has 4 atom stereocenters. The highest BCUT2D eigenvalue weighted by Crippen LogP contribution is 2.18. The number of hydrogen-bond acceptors (Lipinski definition) is 5. The van der Waals surface area contributed by atoms with E-state index in [0.717, 1.165) is 6.42 Å². The van der Waals surface area contributed by atoms with Crippen molar-refractivity contribution >= 4 is 23.8 Å². The van der Waals surface area contributed by atoms with Gasteiger partial charge in [-0.15, -0.1) is 0 Å². The Labute approximate surface area is 204 Å². The van der Waals surface area contributed by atoms with E-state index >= 15 is 0 Å². The molecule has 0 unspecified atom stereocenters. The summed E-state index contributed by atoms with van der Waals surface area (Å²) in [6, 6.07) is 2.46. The molecule has 6 N–H and O–H groups in total. The summed E-state index contributed by atoms with van der Waals surface area (Å²) in [5.41, 5.74) is 0.538. The topological polar surface area (TPSA) is 157 Å². The maximum atomic E-state index is 13.2. The van der Waals surface area contributed by atoms with Crippen molar-refractivity contribution < 1.29 is 33.8 Å². The van der Waals surface area contributed by atoms with Crippen molar-refractivity contribution in [3.05, 3.63) is 35.6 Å². The molecule has 1 fully saturated rings. The third kappa shape index (κ3) is 9.51. The molecule has 1 aliphatic rings. The second-order valence-corrected chi connectivity index (χ2v) is 9.28. The quantitative estimate of drug-likeness (QED) is 0.254. The maximum Gasteiger partial charge on any atom is 0.405 e. The number of piperidine rings is 1. The molecule has 11 heteroatoms. The van der Waals surface area contributed by atoms with Crippen LogP contribution in [0.25, 0.3) is 0 Å². The zero-order chi connectivity index (χ0) is 26.0. The fraction of sp³-hybridized carbons (Fsp3) is 0.583. The predicted octanol–water partition coefficient (Wildman–Crippen LogP) is 0.929. The summed E-state index contributed by atoms with van der Waals surface area (Å²) in [6.45, 7) is 3.98. The average molecular weight is 495 g/mol. The van der Waals surface area contributed by atoms with Crippen LogP contribution in [0, 0.1) is 17.7 Å². The van der Waals surface area contributed by atoms with E-state index in [1.165, 1.54) is 24.3 Å². The molecule has 1 saturated heterocycles. The number of hydrogen-bond donors (Lipinski definition) is 6. The van der Waals surface area contributed by atoms with Crippen LogP contribution in [-0.4, -0.2) is 65.3 Å². The Kier molecular flexibility index (Phi) is 10.9. The number of carbonyl (C=O) groups excluding carboxylic acids is 3. The number of nitrogens with one attached hydrogen (secondary N) is 4. The van der Waals surface area contributed by atoms with Crippen LogP contribution in [0.4, 0.5) is 9.18 Å². The molecule has 0 radical (unpaired) electrons. The van der Waals surface area contributed by atoms with Gasteiger partial charge >= 0.3 is 6.09 Å². The van der Waals surface area contributed by atoms with Crippen molar-refractivity contribution in [2.45, 2.75) is 64.1 Å². The van der Waals surface area contributed by atoms with E-state index < -0.39 is 41.9 Å². The van der Waals surface area contributed by atoms with Gasteiger partial charge in [-0.3, -0.25) is 14.4 Å². The zero-order valence-corrected chi connectivity index (χ0v) is 20.1. The zero-order valence-electron chi connectivity index (χ0n) is 20.1. The Bertz CT molecular complexity index is 879. The number of aliphatic hydroxyl groups excluding tert-OH is 1. The van der Waals surface area contributed by atoms with Crippen molar-refractivity contribution in [1.29, 1.82) is 0 Å². The average Bonchev–Trinajstić information content (AvgIpc) is 2.79. The van der Waals surface area contributed by atoms with Gasteiger partial charge in [-0.25, -0.2) is 9.18 Å². The van der Waals surface area contributed by atoms with Crippen LogP contribution < -0.4 is 21.3 Å². The van der Waals surface area contributed by atoms with Crippen molar-refractivity contribution in [3.8, 4) is 0 Å². The number of halogens is 1.